The number of aromatic nitrogens is 2. The first-order valence-electron chi connectivity index (χ1n) is 12.9. The van der Waals surface area contributed by atoms with Crippen LogP contribution >= 0.6 is 11.6 Å². The minimum atomic E-state index is -0.161. The maximum atomic E-state index is 13.0. The van der Waals surface area contributed by atoms with Gasteiger partial charge in [0.2, 0.25) is 5.95 Å². The molecule has 0 bridgehead atoms. The Morgan fingerprint density at radius 3 is 2.39 bits per heavy atom. The zero-order chi connectivity index (χ0) is 26.6. The van der Waals surface area contributed by atoms with Crippen molar-refractivity contribution in [3.8, 4) is 5.75 Å². The molecule has 1 N–H and O–H groups in total. The third kappa shape index (κ3) is 5.79. The third-order valence-corrected chi connectivity index (χ3v) is 7.50. The van der Waals surface area contributed by atoms with Crippen molar-refractivity contribution in [3.63, 3.8) is 0 Å². The van der Waals surface area contributed by atoms with Crippen molar-refractivity contribution < 1.29 is 9.53 Å². The molecule has 0 aliphatic carbocycles. The number of hydrogen-bond donors (Lipinski definition) is 1. The lowest BCUT2D eigenvalue weighted by Crippen LogP contribution is -2.49. The van der Waals surface area contributed by atoms with E-state index in [0.29, 0.717) is 43.7 Å². The molecule has 3 heterocycles. The van der Waals surface area contributed by atoms with Gasteiger partial charge in [-0.05, 0) is 36.8 Å². The number of H-pyrrole nitrogens is 1. The highest BCUT2D eigenvalue weighted by Gasteiger charge is 2.25. The lowest BCUT2D eigenvalue weighted by Gasteiger charge is -2.37. The Morgan fingerprint density at radius 1 is 0.974 bits per heavy atom. The molecule has 38 heavy (non-hydrogen) atoms. The summed E-state index contributed by atoms with van der Waals surface area (Å²) in [6, 6.07) is 14.9. The number of piperazine rings is 2. The largest absolute Gasteiger partial charge is 0.495 e. The van der Waals surface area contributed by atoms with Gasteiger partial charge in [-0.25, -0.2) is 4.98 Å². The highest BCUT2D eigenvalue weighted by Crippen LogP contribution is 2.32. The molecule has 3 aromatic rings. The summed E-state index contributed by atoms with van der Waals surface area (Å²) in [5.74, 6) is 1.43. The van der Waals surface area contributed by atoms with E-state index < -0.39 is 0 Å². The van der Waals surface area contributed by atoms with Crippen LogP contribution in [0.15, 0.2) is 53.3 Å². The predicted octanol–water partition coefficient (Wildman–Crippen LogP) is 3.02. The lowest BCUT2D eigenvalue weighted by molar-refractivity contribution is 0.0745. The van der Waals surface area contributed by atoms with E-state index in [0.717, 1.165) is 54.4 Å². The molecule has 2 saturated heterocycles. The van der Waals surface area contributed by atoms with Crippen molar-refractivity contribution in [2.75, 3.05) is 69.3 Å². The van der Waals surface area contributed by atoms with Gasteiger partial charge in [-0.1, -0.05) is 29.8 Å². The van der Waals surface area contributed by atoms with Gasteiger partial charge >= 0.3 is 0 Å². The van der Waals surface area contributed by atoms with Crippen LogP contribution in [0.1, 0.15) is 21.6 Å². The normalized spacial score (nSPS) is 16.6. The van der Waals surface area contributed by atoms with Crippen molar-refractivity contribution in [1.29, 1.82) is 0 Å². The van der Waals surface area contributed by atoms with Gasteiger partial charge in [-0.15, -0.1) is 0 Å². The average molecular weight is 537 g/mol. The number of benzene rings is 2. The number of halogens is 1. The number of ether oxygens (including phenoxy) is 1. The molecule has 2 fully saturated rings. The van der Waals surface area contributed by atoms with Gasteiger partial charge in [0.1, 0.15) is 5.75 Å². The van der Waals surface area contributed by atoms with Gasteiger partial charge < -0.3 is 19.4 Å². The van der Waals surface area contributed by atoms with Crippen LogP contribution in [0.2, 0.25) is 5.02 Å². The molecule has 9 nitrogen and oxygen atoms in total. The van der Waals surface area contributed by atoms with Crippen LogP contribution < -0.4 is 20.1 Å². The van der Waals surface area contributed by atoms with Crippen molar-refractivity contribution in [3.05, 3.63) is 80.7 Å². The Balaban J connectivity index is 1.19. The van der Waals surface area contributed by atoms with E-state index in [2.05, 4.69) is 19.7 Å². The second-order valence-corrected chi connectivity index (χ2v) is 10.2. The van der Waals surface area contributed by atoms with Gasteiger partial charge in [0.25, 0.3) is 11.5 Å². The zero-order valence-electron chi connectivity index (χ0n) is 21.8. The van der Waals surface area contributed by atoms with E-state index in [-0.39, 0.29) is 11.5 Å². The highest BCUT2D eigenvalue weighted by atomic mass is 35.5. The first-order chi connectivity index (χ1) is 18.4. The summed E-state index contributed by atoms with van der Waals surface area (Å²) in [4.78, 5) is 41.6. The molecule has 0 unspecified atom stereocenters. The Bertz CT molecular complexity index is 1350. The van der Waals surface area contributed by atoms with E-state index in [4.69, 9.17) is 21.3 Å². The zero-order valence-corrected chi connectivity index (χ0v) is 22.6. The molecular formula is C28H33ClN6O3. The standard InChI is InChI=1S/C28H33ClN6O3/c1-20-5-3-4-6-23(20)27(37)34-13-15-35(16-14-34)28-30-22(18-26(36)31-28)19-32-9-11-33(12-10-32)24-17-21(29)7-8-25(24)38-2/h3-8,17-18H,9-16,19H2,1-2H3,(H,30,31,36). The van der Waals surface area contributed by atoms with E-state index in [1.54, 1.807) is 13.2 Å². The number of methoxy groups -OCH3 is 1. The molecule has 200 valence electrons. The number of amides is 1. The van der Waals surface area contributed by atoms with Crippen LogP contribution in [-0.4, -0.2) is 85.1 Å². The van der Waals surface area contributed by atoms with Crippen LogP contribution in [0.3, 0.4) is 0 Å². The van der Waals surface area contributed by atoms with Crippen LogP contribution in [0.25, 0.3) is 0 Å². The third-order valence-electron chi connectivity index (χ3n) is 7.26. The maximum Gasteiger partial charge on any atom is 0.254 e. The molecule has 0 saturated carbocycles. The lowest BCUT2D eigenvalue weighted by atomic mass is 10.1. The van der Waals surface area contributed by atoms with Crippen LogP contribution in [0, 0.1) is 6.92 Å². The fourth-order valence-electron chi connectivity index (χ4n) is 5.12. The molecular weight excluding hydrogens is 504 g/mol. The maximum absolute atomic E-state index is 13.0. The molecule has 0 radical (unpaired) electrons. The summed E-state index contributed by atoms with van der Waals surface area (Å²) < 4.78 is 5.52. The van der Waals surface area contributed by atoms with Crippen molar-refractivity contribution in [2.24, 2.45) is 0 Å². The van der Waals surface area contributed by atoms with Crippen LogP contribution in [0.5, 0.6) is 5.75 Å². The SMILES string of the molecule is COc1ccc(Cl)cc1N1CCN(Cc2cc(=O)[nH]c(N3CCN(C(=O)c4ccccc4C)CC3)n2)CC1. The van der Waals surface area contributed by atoms with E-state index in [9.17, 15) is 9.59 Å². The first kappa shape index (κ1) is 26.1. The minimum Gasteiger partial charge on any atom is -0.495 e. The predicted molar refractivity (Wildman–Crippen MR) is 150 cm³/mol. The number of carbonyl (C=O) groups excluding carboxylic acids is 1. The number of anilines is 2. The second-order valence-electron chi connectivity index (χ2n) is 9.73. The Hall–Kier alpha value is -3.56. The first-order valence-corrected chi connectivity index (χ1v) is 13.3. The number of rotatable bonds is 6. The summed E-state index contributed by atoms with van der Waals surface area (Å²) in [6.45, 7) is 8.26. The molecule has 10 heteroatoms. The fraction of sp³-hybridized carbons (Fsp3) is 0.393. The van der Waals surface area contributed by atoms with Crippen molar-refractivity contribution in [2.45, 2.75) is 13.5 Å². The van der Waals surface area contributed by atoms with Crippen molar-refractivity contribution in [1.82, 2.24) is 19.8 Å². The van der Waals surface area contributed by atoms with Gasteiger partial charge in [-0.3, -0.25) is 19.5 Å². The van der Waals surface area contributed by atoms with Crippen LogP contribution in [-0.2, 0) is 6.54 Å². The number of carbonyl (C=O) groups is 1. The Morgan fingerprint density at radius 2 is 1.68 bits per heavy atom. The summed E-state index contributed by atoms with van der Waals surface area (Å²) >= 11 is 6.22. The van der Waals surface area contributed by atoms with E-state index in [1.807, 2.05) is 54.3 Å². The molecule has 1 amide bonds. The molecule has 2 aromatic carbocycles. The topological polar surface area (TPSA) is 85.0 Å². The van der Waals surface area contributed by atoms with E-state index in [1.165, 1.54) is 0 Å². The number of aryl methyl sites for hydroxylation is 1. The number of hydrogen-bond acceptors (Lipinski definition) is 7. The molecule has 0 atom stereocenters. The van der Waals surface area contributed by atoms with Gasteiger partial charge in [-0.2, -0.15) is 0 Å². The van der Waals surface area contributed by atoms with Crippen molar-refractivity contribution >= 4 is 29.1 Å². The van der Waals surface area contributed by atoms with Gasteiger partial charge in [0.05, 0.1) is 18.5 Å². The number of nitrogens with one attached hydrogen (secondary N) is 1. The van der Waals surface area contributed by atoms with Gasteiger partial charge in [0.15, 0.2) is 0 Å². The molecule has 1 aromatic heterocycles. The highest BCUT2D eigenvalue weighted by molar-refractivity contribution is 6.30. The smallest absolute Gasteiger partial charge is 0.254 e. The fourth-order valence-corrected chi connectivity index (χ4v) is 5.28. The van der Waals surface area contributed by atoms with E-state index >= 15 is 0 Å². The molecule has 2 aliphatic heterocycles. The van der Waals surface area contributed by atoms with Crippen LogP contribution in [0.4, 0.5) is 11.6 Å². The monoisotopic (exact) mass is 536 g/mol. The second kappa shape index (κ2) is 11.4. The number of nitrogens with zero attached hydrogens (tertiary/aromatic N) is 5. The average Bonchev–Trinajstić information content (AvgIpc) is 2.93. The van der Waals surface area contributed by atoms with Gasteiger partial charge in [0, 0.05) is 75.6 Å². The summed E-state index contributed by atoms with van der Waals surface area (Å²) in [5.41, 5.74) is 3.30. The molecule has 0 spiro atoms. The molecule has 2 aliphatic rings. The number of aromatic amines is 1. The minimum absolute atomic E-state index is 0.0486. The Kier molecular flexibility index (Phi) is 7.85. The summed E-state index contributed by atoms with van der Waals surface area (Å²) in [7, 11) is 1.67. The Labute approximate surface area is 227 Å². The summed E-state index contributed by atoms with van der Waals surface area (Å²) in [6.07, 6.45) is 0. The quantitative estimate of drug-likeness (QED) is 0.518. The summed E-state index contributed by atoms with van der Waals surface area (Å²) in [5, 5.41) is 0.684. The molecule has 5 rings (SSSR count).